The quantitative estimate of drug-likeness (QED) is 0.605. The van der Waals surface area contributed by atoms with Crippen LogP contribution >= 0.6 is 0 Å². The van der Waals surface area contributed by atoms with Crippen molar-refractivity contribution >= 4 is 16.1 Å². The Hall–Kier alpha value is -0.860. The first-order chi connectivity index (χ1) is 10.5. The molecule has 2 unspecified atom stereocenters. The molecule has 1 aliphatic heterocycles. The van der Waals surface area contributed by atoms with E-state index in [9.17, 15) is 13.2 Å². The molecule has 0 spiro atoms. The molecular weight excluding hydrogens is 306 g/mol. The molecule has 0 aromatic rings. The van der Waals surface area contributed by atoms with Crippen LogP contribution < -0.4 is 15.4 Å². The van der Waals surface area contributed by atoms with E-state index >= 15 is 0 Å². The number of rotatable bonds is 8. The highest BCUT2D eigenvalue weighted by Gasteiger charge is 2.24. The van der Waals surface area contributed by atoms with Crippen LogP contribution in [0.15, 0.2) is 0 Å². The lowest BCUT2D eigenvalue weighted by atomic mass is 9.86. The normalized spacial score (nSPS) is 23.8. The third-order valence-electron chi connectivity index (χ3n) is 4.35. The van der Waals surface area contributed by atoms with E-state index in [1.165, 1.54) is 6.42 Å². The van der Waals surface area contributed by atoms with Crippen LogP contribution in [0.1, 0.15) is 39.0 Å². The van der Waals surface area contributed by atoms with Gasteiger partial charge in [-0.15, -0.1) is 0 Å². The molecule has 3 N–H and O–H groups in total. The Morgan fingerprint density at radius 2 is 2.05 bits per heavy atom. The summed E-state index contributed by atoms with van der Waals surface area (Å²) in [5.41, 5.74) is 0. The zero-order chi connectivity index (χ0) is 16.0. The SMILES string of the molecule is CC(NC(=O)NCCS(=O)(=O)NCC1CCC1)C1CCCO1. The molecule has 8 heteroatoms. The highest BCUT2D eigenvalue weighted by molar-refractivity contribution is 7.89. The van der Waals surface area contributed by atoms with Crippen LogP contribution in [0.3, 0.4) is 0 Å². The molecule has 2 rings (SSSR count). The van der Waals surface area contributed by atoms with Crippen molar-refractivity contribution in [2.75, 3.05) is 25.4 Å². The molecule has 1 saturated carbocycles. The molecule has 0 radical (unpaired) electrons. The monoisotopic (exact) mass is 333 g/mol. The Kier molecular flexibility index (Phi) is 6.46. The number of ether oxygens (including phenoxy) is 1. The van der Waals surface area contributed by atoms with Gasteiger partial charge in [0.1, 0.15) is 0 Å². The summed E-state index contributed by atoms with van der Waals surface area (Å²) in [4.78, 5) is 11.7. The minimum absolute atomic E-state index is 0.0543. The van der Waals surface area contributed by atoms with Crippen LogP contribution in [0, 0.1) is 5.92 Å². The van der Waals surface area contributed by atoms with E-state index in [0.717, 1.165) is 32.3 Å². The van der Waals surface area contributed by atoms with Crippen molar-refractivity contribution in [1.82, 2.24) is 15.4 Å². The van der Waals surface area contributed by atoms with Gasteiger partial charge in [-0.1, -0.05) is 6.42 Å². The lowest BCUT2D eigenvalue weighted by molar-refractivity contribution is 0.0860. The Morgan fingerprint density at radius 3 is 2.64 bits per heavy atom. The molecule has 0 aromatic carbocycles. The van der Waals surface area contributed by atoms with E-state index in [0.29, 0.717) is 12.5 Å². The van der Waals surface area contributed by atoms with Crippen LogP contribution in [-0.4, -0.2) is 52.0 Å². The standard InChI is InChI=1S/C14H27N3O4S/c1-11(13-6-3-8-21-13)17-14(18)15-7-9-22(19,20)16-10-12-4-2-5-12/h11-13,16H,2-10H2,1H3,(H2,15,17,18). The fraction of sp³-hybridized carbons (Fsp3) is 0.929. The second-order valence-electron chi connectivity index (χ2n) is 6.20. The van der Waals surface area contributed by atoms with Crippen LogP contribution in [0.2, 0.25) is 0 Å². The average molecular weight is 333 g/mol. The van der Waals surface area contributed by atoms with Gasteiger partial charge in [-0.25, -0.2) is 17.9 Å². The minimum atomic E-state index is -3.31. The van der Waals surface area contributed by atoms with E-state index < -0.39 is 10.0 Å². The Labute approximate surface area is 132 Å². The van der Waals surface area contributed by atoms with E-state index in [1.54, 1.807) is 0 Å². The molecule has 22 heavy (non-hydrogen) atoms. The van der Waals surface area contributed by atoms with Crippen molar-refractivity contribution in [1.29, 1.82) is 0 Å². The molecule has 2 amide bonds. The molecule has 128 valence electrons. The molecule has 7 nitrogen and oxygen atoms in total. The number of hydrogen-bond donors (Lipinski definition) is 3. The van der Waals surface area contributed by atoms with Crippen molar-refractivity contribution in [3.05, 3.63) is 0 Å². The third kappa shape index (κ3) is 5.73. The number of carbonyl (C=O) groups excluding carboxylic acids is 1. The minimum Gasteiger partial charge on any atom is -0.376 e. The zero-order valence-electron chi connectivity index (χ0n) is 13.1. The summed E-state index contributed by atoms with van der Waals surface area (Å²) in [6.07, 6.45) is 5.41. The zero-order valence-corrected chi connectivity index (χ0v) is 14.0. The number of amides is 2. The second kappa shape index (κ2) is 8.12. The number of sulfonamides is 1. The lowest BCUT2D eigenvalue weighted by Crippen LogP contribution is -2.47. The second-order valence-corrected chi connectivity index (χ2v) is 8.13. The summed E-state index contributed by atoms with van der Waals surface area (Å²) in [5, 5.41) is 5.37. The third-order valence-corrected chi connectivity index (χ3v) is 5.70. The molecule has 0 bridgehead atoms. The van der Waals surface area contributed by atoms with E-state index in [2.05, 4.69) is 15.4 Å². The summed E-state index contributed by atoms with van der Waals surface area (Å²) >= 11 is 0. The van der Waals surface area contributed by atoms with Gasteiger partial charge in [0.05, 0.1) is 17.9 Å². The van der Waals surface area contributed by atoms with Gasteiger partial charge < -0.3 is 15.4 Å². The highest BCUT2D eigenvalue weighted by atomic mass is 32.2. The summed E-state index contributed by atoms with van der Waals surface area (Å²) in [6.45, 7) is 3.25. The molecular formula is C14H27N3O4S. The topological polar surface area (TPSA) is 96.5 Å². The van der Waals surface area contributed by atoms with Crippen molar-refractivity contribution in [3.8, 4) is 0 Å². The summed E-state index contributed by atoms with van der Waals surface area (Å²) in [5.74, 6) is 0.389. The molecule has 1 aliphatic carbocycles. The average Bonchev–Trinajstić information content (AvgIpc) is 2.90. The van der Waals surface area contributed by atoms with Crippen molar-refractivity contribution in [2.24, 2.45) is 5.92 Å². The maximum Gasteiger partial charge on any atom is 0.315 e. The largest absolute Gasteiger partial charge is 0.376 e. The number of nitrogens with one attached hydrogen (secondary N) is 3. The van der Waals surface area contributed by atoms with Gasteiger partial charge in [0, 0.05) is 19.7 Å². The van der Waals surface area contributed by atoms with Gasteiger partial charge >= 0.3 is 6.03 Å². The maximum atomic E-state index is 11.8. The fourth-order valence-corrected chi connectivity index (χ4v) is 3.67. The first kappa shape index (κ1) is 17.5. The Morgan fingerprint density at radius 1 is 1.27 bits per heavy atom. The van der Waals surface area contributed by atoms with Crippen LogP contribution in [0.25, 0.3) is 0 Å². The first-order valence-corrected chi connectivity index (χ1v) is 9.75. The summed E-state index contributed by atoms with van der Waals surface area (Å²) in [6, 6.07) is -0.423. The van der Waals surface area contributed by atoms with Gasteiger partial charge in [0.2, 0.25) is 10.0 Å². The molecule has 2 aliphatic rings. The van der Waals surface area contributed by atoms with Crippen molar-refractivity contribution in [3.63, 3.8) is 0 Å². The smallest absolute Gasteiger partial charge is 0.315 e. The molecule has 2 atom stereocenters. The van der Waals surface area contributed by atoms with Gasteiger partial charge in [-0.3, -0.25) is 0 Å². The molecule has 1 heterocycles. The predicted molar refractivity (Wildman–Crippen MR) is 84.1 cm³/mol. The van der Waals surface area contributed by atoms with Gasteiger partial charge in [-0.2, -0.15) is 0 Å². The number of urea groups is 1. The lowest BCUT2D eigenvalue weighted by Gasteiger charge is -2.25. The highest BCUT2D eigenvalue weighted by Crippen LogP contribution is 2.25. The van der Waals surface area contributed by atoms with E-state index in [-0.39, 0.29) is 30.5 Å². The summed E-state index contributed by atoms with van der Waals surface area (Å²) < 4.78 is 31.7. The number of carbonyl (C=O) groups is 1. The van der Waals surface area contributed by atoms with Gasteiger partial charge in [0.15, 0.2) is 0 Å². The van der Waals surface area contributed by atoms with E-state index in [4.69, 9.17) is 4.74 Å². The predicted octanol–water partition coefficient (Wildman–Crippen LogP) is 0.573. The molecule has 0 aromatic heterocycles. The van der Waals surface area contributed by atoms with Crippen molar-refractivity contribution < 1.29 is 17.9 Å². The Bertz CT molecular complexity index is 459. The van der Waals surface area contributed by atoms with Crippen molar-refractivity contribution in [2.45, 2.75) is 51.2 Å². The maximum absolute atomic E-state index is 11.8. The molecule has 1 saturated heterocycles. The number of hydrogen-bond acceptors (Lipinski definition) is 4. The van der Waals surface area contributed by atoms with E-state index in [1.807, 2.05) is 6.92 Å². The fourth-order valence-electron chi connectivity index (χ4n) is 2.66. The van der Waals surface area contributed by atoms with Gasteiger partial charge in [-0.05, 0) is 38.5 Å². The first-order valence-electron chi connectivity index (χ1n) is 8.09. The van der Waals surface area contributed by atoms with Crippen LogP contribution in [0.4, 0.5) is 4.79 Å². The summed E-state index contributed by atoms with van der Waals surface area (Å²) in [7, 11) is -3.31. The van der Waals surface area contributed by atoms with Crippen LogP contribution in [0.5, 0.6) is 0 Å². The van der Waals surface area contributed by atoms with Gasteiger partial charge in [0.25, 0.3) is 0 Å². The molecule has 2 fully saturated rings. The van der Waals surface area contributed by atoms with Crippen LogP contribution in [-0.2, 0) is 14.8 Å². The Balaban J connectivity index is 1.58.